The van der Waals surface area contributed by atoms with Gasteiger partial charge in [0.05, 0.1) is 25.3 Å². The van der Waals surface area contributed by atoms with Crippen LogP contribution in [0.5, 0.6) is 5.75 Å². The van der Waals surface area contributed by atoms with E-state index in [1.807, 2.05) is 31.2 Å². The van der Waals surface area contributed by atoms with E-state index in [2.05, 4.69) is 20.8 Å². The normalized spacial score (nSPS) is 18.9. The predicted molar refractivity (Wildman–Crippen MR) is 88.6 cm³/mol. The molecule has 1 aliphatic heterocycles. The van der Waals surface area contributed by atoms with Gasteiger partial charge in [-0.05, 0) is 24.6 Å². The van der Waals surface area contributed by atoms with Crippen molar-refractivity contribution in [3.8, 4) is 16.9 Å². The van der Waals surface area contributed by atoms with Crippen LogP contribution in [0.1, 0.15) is 12.1 Å². The highest BCUT2D eigenvalue weighted by Gasteiger charge is 2.42. The minimum atomic E-state index is -2.82. The number of amides is 1. The molecule has 1 aliphatic rings. The van der Waals surface area contributed by atoms with Crippen LogP contribution in [0.15, 0.2) is 30.5 Å². The van der Waals surface area contributed by atoms with E-state index in [-0.39, 0.29) is 13.2 Å². The molecule has 0 aliphatic carbocycles. The van der Waals surface area contributed by atoms with Crippen molar-refractivity contribution < 1.29 is 18.3 Å². The number of hydrogen-bond acceptors (Lipinski definition) is 4. The van der Waals surface area contributed by atoms with Gasteiger partial charge in [-0.1, -0.05) is 12.1 Å². The van der Waals surface area contributed by atoms with E-state index in [1.54, 1.807) is 6.20 Å². The third-order valence-electron chi connectivity index (χ3n) is 4.07. The quantitative estimate of drug-likeness (QED) is 0.695. The zero-order valence-electron chi connectivity index (χ0n) is 13.8. The summed E-state index contributed by atoms with van der Waals surface area (Å²) in [7, 11) is 0. The lowest BCUT2D eigenvalue weighted by atomic mass is 10.1. The summed E-state index contributed by atoms with van der Waals surface area (Å²) in [6, 6.07) is 6.69. The van der Waals surface area contributed by atoms with Crippen molar-refractivity contribution >= 4 is 5.91 Å². The van der Waals surface area contributed by atoms with Gasteiger partial charge in [0.15, 0.2) is 0 Å². The van der Waals surface area contributed by atoms with Crippen LogP contribution in [0.2, 0.25) is 0 Å². The minimum Gasteiger partial charge on any atom is -0.492 e. The van der Waals surface area contributed by atoms with Gasteiger partial charge in [-0.3, -0.25) is 15.2 Å². The van der Waals surface area contributed by atoms with E-state index in [1.165, 1.54) is 0 Å². The maximum absolute atomic E-state index is 13.1. The van der Waals surface area contributed by atoms with Crippen molar-refractivity contribution in [2.45, 2.75) is 25.3 Å². The van der Waals surface area contributed by atoms with Gasteiger partial charge in [0.2, 0.25) is 5.91 Å². The average molecular weight is 350 g/mol. The summed E-state index contributed by atoms with van der Waals surface area (Å²) < 4.78 is 31.8. The van der Waals surface area contributed by atoms with Crippen molar-refractivity contribution in [2.24, 2.45) is 0 Å². The van der Waals surface area contributed by atoms with Crippen LogP contribution in [0.4, 0.5) is 8.78 Å². The molecule has 0 saturated carbocycles. The monoisotopic (exact) mass is 350 g/mol. The first kappa shape index (κ1) is 17.3. The Morgan fingerprint density at radius 2 is 2.32 bits per heavy atom. The first-order chi connectivity index (χ1) is 11.9. The molecule has 1 fully saturated rings. The number of aromatic nitrogens is 2. The van der Waals surface area contributed by atoms with Gasteiger partial charge >= 0.3 is 0 Å². The molecule has 0 unspecified atom stereocenters. The fourth-order valence-corrected chi connectivity index (χ4v) is 2.76. The van der Waals surface area contributed by atoms with Crippen molar-refractivity contribution in [1.82, 2.24) is 20.8 Å². The first-order valence-corrected chi connectivity index (χ1v) is 8.07. The molecule has 1 aromatic heterocycles. The highest BCUT2D eigenvalue weighted by Crippen LogP contribution is 2.26. The summed E-state index contributed by atoms with van der Waals surface area (Å²) in [6.45, 7) is 1.98. The number of aromatic amines is 1. The number of carbonyl (C=O) groups is 1. The van der Waals surface area contributed by atoms with E-state index < -0.39 is 30.8 Å². The molecule has 3 rings (SSSR count). The summed E-state index contributed by atoms with van der Waals surface area (Å²) in [4.78, 5) is 11.8. The Bertz CT molecular complexity index is 748. The number of benzene rings is 1. The van der Waals surface area contributed by atoms with Gasteiger partial charge in [0.25, 0.3) is 5.92 Å². The number of ether oxygens (including phenoxy) is 1. The molecule has 25 heavy (non-hydrogen) atoms. The Hall–Kier alpha value is -2.48. The van der Waals surface area contributed by atoms with Gasteiger partial charge < -0.3 is 10.1 Å². The largest absolute Gasteiger partial charge is 0.492 e. The maximum Gasteiger partial charge on any atom is 0.262 e. The van der Waals surface area contributed by atoms with Gasteiger partial charge in [0.1, 0.15) is 12.4 Å². The highest BCUT2D eigenvalue weighted by atomic mass is 19.3. The summed E-state index contributed by atoms with van der Waals surface area (Å²) >= 11 is 0. The third kappa shape index (κ3) is 4.33. The van der Waals surface area contributed by atoms with E-state index >= 15 is 0 Å². The van der Waals surface area contributed by atoms with Crippen LogP contribution in [-0.2, 0) is 4.79 Å². The molecule has 6 nitrogen and oxygen atoms in total. The molecule has 1 amide bonds. The first-order valence-electron chi connectivity index (χ1n) is 8.07. The number of nitrogens with one attached hydrogen (secondary N) is 3. The van der Waals surface area contributed by atoms with Crippen molar-refractivity contribution in [3.63, 3.8) is 0 Å². The van der Waals surface area contributed by atoms with Gasteiger partial charge in [0, 0.05) is 17.7 Å². The number of carbonyl (C=O) groups excluding carboxylic acids is 1. The predicted octanol–water partition coefficient (Wildman–Crippen LogP) is 1.88. The second kappa shape index (κ2) is 7.18. The number of hydrogen-bond donors (Lipinski definition) is 3. The molecule has 1 saturated heterocycles. The molecule has 0 bridgehead atoms. The Balaban J connectivity index is 1.47. The van der Waals surface area contributed by atoms with Crippen LogP contribution in [0, 0.1) is 6.92 Å². The van der Waals surface area contributed by atoms with Crippen LogP contribution in [0.25, 0.3) is 11.1 Å². The van der Waals surface area contributed by atoms with Crippen molar-refractivity contribution in [2.75, 3.05) is 19.7 Å². The lowest BCUT2D eigenvalue weighted by Gasteiger charge is -2.12. The van der Waals surface area contributed by atoms with E-state index in [9.17, 15) is 13.6 Å². The molecule has 2 heterocycles. The lowest BCUT2D eigenvalue weighted by Crippen LogP contribution is -2.41. The summed E-state index contributed by atoms with van der Waals surface area (Å²) in [5, 5.41) is 12.0. The molecule has 8 heteroatoms. The van der Waals surface area contributed by atoms with Gasteiger partial charge in [-0.2, -0.15) is 5.10 Å². The number of rotatable bonds is 6. The Labute approximate surface area is 144 Å². The molecule has 0 spiro atoms. The fraction of sp³-hybridized carbons (Fsp3) is 0.412. The summed E-state index contributed by atoms with van der Waals surface area (Å²) in [5.41, 5.74) is 2.93. The summed E-state index contributed by atoms with van der Waals surface area (Å²) in [6.07, 6.45) is 1.28. The number of aryl methyl sites for hydroxylation is 1. The van der Waals surface area contributed by atoms with Gasteiger partial charge in [-0.25, -0.2) is 8.78 Å². The zero-order valence-corrected chi connectivity index (χ0v) is 13.8. The Kier molecular flexibility index (Phi) is 4.98. The second-order valence-electron chi connectivity index (χ2n) is 6.07. The molecule has 3 N–H and O–H groups in total. The molecule has 1 atom stereocenters. The lowest BCUT2D eigenvalue weighted by molar-refractivity contribution is -0.123. The Morgan fingerprint density at radius 1 is 1.48 bits per heavy atom. The summed E-state index contributed by atoms with van der Waals surface area (Å²) in [5.74, 6) is -2.58. The fourth-order valence-electron chi connectivity index (χ4n) is 2.76. The Morgan fingerprint density at radius 3 is 3.00 bits per heavy atom. The number of halogens is 2. The van der Waals surface area contributed by atoms with E-state index in [0.717, 1.165) is 16.8 Å². The average Bonchev–Trinajstić information content (AvgIpc) is 3.17. The van der Waals surface area contributed by atoms with E-state index in [0.29, 0.717) is 5.75 Å². The van der Waals surface area contributed by atoms with Crippen molar-refractivity contribution in [1.29, 1.82) is 0 Å². The number of alkyl halides is 2. The maximum atomic E-state index is 13.1. The highest BCUT2D eigenvalue weighted by molar-refractivity contribution is 5.82. The molecule has 2 aromatic rings. The van der Waals surface area contributed by atoms with Crippen LogP contribution in [-0.4, -0.2) is 47.8 Å². The molecule has 0 radical (unpaired) electrons. The molecule has 134 valence electrons. The number of nitrogens with zero attached hydrogens (tertiary/aromatic N) is 1. The smallest absolute Gasteiger partial charge is 0.262 e. The van der Waals surface area contributed by atoms with Crippen molar-refractivity contribution in [3.05, 3.63) is 36.2 Å². The SMILES string of the molecule is Cc1[nH]ncc1-c1cccc(OCCNC(=O)[C@H]2CC(F)(F)CN2)c1. The van der Waals surface area contributed by atoms with Crippen LogP contribution >= 0.6 is 0 Å². The zero-order chi connectivity index (χ0) is 17.9. The van der Waals surface area contributed by atoms with Crippen LogP contribution in [0.3, 0.4) is 0 Å². The topological polar surface area (TPSA) is 79.0 Å². The molecule has 1 aromatic carbocycles. The third-order valence-corrected chi connectivity index (χ3v) is 4.07. The molecular weight excluding hydrogens is 330 g/mol. The van der Waals surface area contributed by atoms with Crippen LogP contribution < -0.4 is 15.4 Å². The standard InChI is InChI=1S/C17H20F2N4O2/c1-11-14(9-22-23-11)12-3-2-4-13(7-12)25-6-5-20-16(24)15-8-17(18,19)10-21-15/h2-4,7,9,15,21H,5-6,8,10H2,1H3,(H,20,24)(H,22,23)/t15-/m1/s1. The molecular formula is C17H20F2N4O2. The van der Waals surface area contributed by atoms with Gasteiger partial charge in [-0.15, -0.1) is 0 Å². The number of H-pyrrole nitrogens is 1. The van der Waals surface area contributed by atoms with E-state index in [4.69, 9.17) is 4.74 Å². The second-order valence-corrected chi connectivity index (χ2v) is 6.07. The minimum absolute atomic E-state index is 0.248.